The molecule has 106 valence electrons. The molecule has 0 radical (unpaired) electrons. The molecule has 0 saturated carbocycles. The second kappa shape index (κ2) is 6.56. The molecule has 0 heterocycles. The Bertz CT molecular complexity index is 530. The summed E-state index contributed by atoms with van der Waals surface area (Å²) in [6, 6.07) is 5.63. The largest absolute Gasteiger partial charge is 0.481 e. The van der Waals surface area contributed by atoms with Gasteiger partial charge in [-0.25, -0.2) is 8.42 Å². The van der Waals surface area contributed by atoms with Gasteiger partial charge in [0.25, 0.3) is 0 Å². The first-order chi connectivity index (χ1) is 8.89. The smallest absolute Gasteiger partial charge is 0.304 e. The molecule has 19 heavy (non-hydrogen) atoms. The van der Waals surface area contributed by atoms with Crippen molar-refractivity contribution in [3.8, 4) is 0 Å². The van der Waals surface area contributed by atoms with Crippen LogP contribution in [-0.4, -0.2) is 25.2 Å². The summed E-state index contributed by atoms with van der Waals surface area (Å²) in [6.45, 7) is 3.90. The van der Waals surface area contributed by atoms with Crippen LogP contribution in [0.15, 0.2) is 18.2 Å². The molecule has 0 amide bonds. The molecule has 0 atom stereocenters. The zero-order valence-corrected chi connectivity index (χ0v) is 12.0. The molecule has 1 aromatic carbocycles. The van der Waals surface area contributed by atoms with Gasteiger partial charge in [-0.1, -0.05) is 32.0 Å². The van der Waals surface area contributed by atoms with Crippen LogP contribution < -0.4 is 4.72 Å². The minimum Gasteiger partial charge on any atom is -0.481 e. The van der Waals surface area contributed by atoms with E-state index in [2.05, 4.69) is 4.72 Å². The maximum absolute atomic E-state index is 11.9. The third-order valence-electron chi connectivity index (χ3n) is 2.84. The topological polar surface area (TPSA) is 83.5 Å². The van der Waals surface area contributed by atoms with E-state index in [-0.39, 0.29) is 0 Å². The van der Waals surface area contributed by atoms with Crippen LogP contribution in [-0.2, 0) is 27.7 Å². The van der Waals surface area contributed by atoms with E-state index in [4.69, 9.17) is 5.11 Å². The molecule has 0 aliphatic carbocycles. The Morgan fingerprint density at radius 3 is 2.16 bits per heavy atom. The minimum absolute atomic E-state index is 0.398. The average Bonchev–Trinajstić information content (AvgIpc) is 2.36. The summed E-state index contributed by atoms with van der Waals surface area (Å²) >= 11 is 0. The number of nitrogens with one attached hydrogen (secondary N) is 1. The van der Waals surface area contributed by atoms with Crippen molar-refractivity contribution in [3.05, 3.63) is 29.3 Å². The van der Waals surface area contributed by atoms with Crippen molar-refractivity contribution in [3.63, 3.8) is 0 Å². The van der Waals surface area contributed by atoms with Gasteiger partial charge in [-0.2, -0.15) is 0 Å². The summed E-state index contributed by atoms with van der Waals surface area (Å²) < 4.78 is 26.3. The second-order valence-electron chi connectivity index (χ2n) is 4.22. The van der Waals surface area contributed by atoms with Crippen LogP contribution in [0.3, 0.4) is 0 Å². The average molecular weight is 285 g/mol. The van der Waals surface area contributed by atoms with Crippen molar-refractivity contribution < 1.29 is 18.3 Å². The first-order valence-electron chi connectivity index (χ1n) is 6.22. The molecule has 0 bridgehead atoms. The second-order valence-corrected chi connectivity index (χ2v) is 6.06. The van der Waals surface area contributed by atoms with E-state index in [9.17, 15) is 13.2 Å². The van der Waals surface area contributed by atoms with E-state index < -0.39 is 28.2 Å². The Labute approximate surface area is 113 Å². The Kier molecular flexibility index (Phi) is 5.35. The molecule has 0 spiro atoms. The van der Waals surface area contributed by atoms with Crippen LogP contribution in [0.4, 0.5) is 5.69 Å². The molecule has 6 heteroatoms. The third-order valence-corrected chi connectivity index (χ3v) is 4.10. The molecule has 0 saturated heterocycles. The lowest BCUT2D eigenvalue weighted by atomic mass is 10.0. The Balaban J connectivity index is 3.00. The summed E-state index contributed by atoms with van der Waals surface area (Å²) in [5.74, 6) is -1.53. The zero-order valence-electron chi connectivity index (χ0n) is 11.1. The van der Waals surface area contributed by atoms with Gasteiger partial charge >= 0.3 is 5.97 Å². The van der Waals surface area contributed by atoms with Crippen LogP contribution >= 0.6 is 0 Å². The van der Waals surface area contributed by atoms with Crippen LogP contribution in [0.1, 0.15) is 31.4 Å². The normalized spacial score (nSPS) is 11.3. The predicted molar refractivity (Wildman–Crippen MR) is 74.9 cm³/mol. The molecule has 0 aliphatic rings. The van der Waals surface area contributed by atoms with E-state index in [0.29, 0.717) is 18.5 Å². The predicted octanol–water partition coefficient (Wildman–Crippen LogP) is 2.03. The summed E-state index contributed by atoms with van der Waals surface area (Å²) in [6.07, 6.45) is 1.03. The van der Waals surface area contributed by atoms with E-state index >= 15 is 0 Å². The van der Waals surface area contributed by atoms with Gasteiger partial charge in [-0.3, -0.25) is 9.52 Å². The lowest BCUT2D eigenvalue weighted by molar-refractivity contribution is -0.136. The van der Waals surface area contributed by atoms with Crippen molar-refractivity contribution in [2.24, 2.45) is 0 Å². The van der Waals surface area contributed by atoms with E-state index in [1.165, 1.54) is 0 Å². The van der Waals surface area contributed by atoms with E-state index in [1.54, 1.807) is 0 Å². The lowest BCUT2D eigenvalue weighted by Crippen LogP contribution is -2.20. The summed E-state index contributed by atoms with van der Waals surface area (Å²) in [7, 11) is -3.63. The maximum atomic E-state index is 11.9. The molecule has 2 N–H and O–H groups in total. The molecule has 5 nitrogen and oxygen atoms in total. The van der Waals surface area contributed by atoms with Crippen LogP contribution in [0.5, 0.6) is 0 Å². The van der Waals surface area contributed by atoms with E-state index in [1.807, 2.05) is 32.0 Å². The van der Waals surface area contributed by atoms with Gasteiger partial charge in [0.15, 0.2) is 0 Å². The van der Waals surface area contributed by atoms with Gasteiger partial charge < -0.3 is 5.11 Å². The number of hydrogen-bond acceptors (Lipinski definition) is 3. The number of carboxylic acid groups (broad SMARTS) is 1. The number of hydrogen-bond donors (Lipinski definition) is 2. The number of anilines is 1. The van der Waals surface area contributed by atoms with Gasteiger partial charge in [-0.05, 0) is 24.0 Å². The number of aliphatic carboxylic acids is 1. The number of rotatable bonds is 7. The fraction of sp³-hybridized carbons (Fsp3) is 0.462. The van der Waals surface area contributed by atoms with Gasteiger partial charge in [-0.15, -0.1) is 0 Å². The third kappa shape index (κ3) is 4.55. The van der Waals surface area contributed by atoms with Gasteiger partial charge in [0, 0.05) is 0 Å². The number of carbonyl (C=O) groups is 1. The number of para-hydroxylation sites is 1. The number of carboxylic acids is 1. The standard InChI is InChI=1S/C13H19NO4S/c1-3-10-6-5-7-11(4-2)13(10)14-19(17,18)9-8-12(15)16/h5-7,14H,3-4,8-9H2,1-2H3,(H,15,16). The molecular formula is C13H19NO4S. The molecule has 0 aliphatic heterocycles. The molecule has 0 fully saturated rings. The van der Waals surface area contributed by atoms with Gasteiger partial charge in [0.1, 0.15) is 0 Å². The Morgan fingerprint density at radius 1 is 1.21 bits per heavy atom. The zero-order chi connectivity index (χ0) is 14.5. The molecule has 1 aromatic rings. The number of benzene rings is 1. The molecule has 0 unspecified atom stereocenters. The molecule has 0 aromatic heterocycles. The Morgan fingerprint density at radius 2 is 1.74 bits per heavy atom. The van der Waals surface area contributed by atoms with Crippen molar-refractivity contribution in [1.82, 2.24) is 0 Å². The fourth-order valence-electron chi connectivity index (χ4n) is 1.80. The Hall–Kier alpha value is -1.56. The van der Waals surface area contributed by atoms with Crippen molar-refractivity contribution in [1.29, 1.82) is 0 Å². The van der Waals surface area contributed by atoms with Gasteiger partial charge in [0.2, 0.25) is 10.0 Å². The van der Waals surface area contributed by atoms with Gasteiger partial charge in [0.05, 0.1) is 17.9 Å². The first kappa shape index (κ1) is 15.5. The van der Waals surface area contributed by atoms with Crippen molar-refractivity contribution >= 4 is 21.7 Å². The monoisotopic (exact) mass is 285 g/mol. The maximum Gasteiger partial charge on any atom is 0.304 e. The van der Waals surface area contributed by atoms with Crippen LogP contribution in [0, 0.1) is 0 Å². The first-order valence-corrected chi connectivity index (χ1v) is 7.88. The summed E-state index contributed by atoms with van der Waals surface area (Å²) in [5, 5.41) is 8.55. The fourth-order valence-corrected chi connectivity index (χ4v) is 2.92. The quantitative estimate of drug-likeness (QED) is 0.803. The number of sulfonamides is 1. The SMILES string of the molecule is CCc1cccc(CC)c1NS(=O)(=O)CCC(=O)O. The minimum atomic E-state index is -3.63. The molecule has 1 rings (SSSR count). The summed E-state index contributed by atoms with van der Waals surface area (Å²) in [5.41, 5.74) is 2.43. The highest BCUT2D eigenvalue weighted by atomic mass is 32.2. The van der Waals surface area contributed by atoms with E-state index in [0.717, 1.165) is 11.1 Å². The highest BCUT2D eigenvalue weighted by molar-refractivity contribution is 7.92. The highest BCUT2D eigenvalue weighted by Gasteiger charge is 2.16. The highest BCUT2D eigenvalue weighted by Crippen LogP contribution is 2.23. The lowest BCUT2D eigenvalue weighted by Gasteiger charge is -2.15. The number of aryl methyl sites for hydroxylation is 2. The van der Waals surface area contributed by atoms with Crippen molar-refractivity contribution in [2.75, 3.05) is 10.5 Å². The van der Waals surface area contributed by atoms with Crippen molar-refractivity contribution in [2.45, 2.75) is 33.1 Å². The van der Waals surface area contributed by atoms with Crippen LogP contribution in [0.2, 0.25) is 0 Å². The summed E-state index contributed by atoms with van der Waals surface area (Å²) in [4.78, 5) is 10.5. The van der Waals surface area contributed by atoms with Crippen LogP contribution in [0.25, 0.3) is 0 Å². The molecular weight excluding hydrogens is 266 g/mol.